The van der Waals surface area contributed by atoms with Crippen molar-refractivity contribution in [2.45, 2.75) is 6.92 Å². The van der Waals surface area contributed by atoms with Crippen LogP contribution in [0.5, 0.6) is 5.75 Å². The molecule has 0 saturated carbocycles. The van der Waals surface area contributed by atoms with Crippen molar-refractivity contribution < 1.29 is 9.53 Å². The molecule has 2 amide bonds. The van der Waals surface area contributed by atoms with Crippen molar-refractivity contribution in [2.24, 2.45) is 0 Å². The third-order valence-electron chi connectivity index (χ3n) is 4.98. The monoisotopic (exact) mass is 419 g/mol. The summed E-state index contributed by atoms with van der Waals surface area (Å²) in [6.07, 6.45) is 1.73. The minimum Gasteiger partial charge on any atom is -0.497 e. The number of pyridine rings is 1. The van der Waals surface area contributed by atoms with Gasteiger partial charge < -0.3 is 25.2 Å². The van der Waals surface area contributed by atoms with Crippen LogP contribution in [0.15, 0.2) is 54.7 Å². The van der Waals surface area contributed by atoms with Crippen molar-refractivity contribution in [2.75, 3.05) is 48.8 Å². The van der Waals surface area contributed by atoms with Crippen LogP contribution in [0.25, 0.3) is 0 Å². The first-order valence-corrected chi connectivity index (χ1v) is 10.1. The number of aryl methyl sites for hydroxylation is 1. The zero-order valence-corrected chi connectivity index (χ0v) is 17.6. The Bertz CT molecular complexity index is 1020. The van der Waals surface area contributed by atoms with Crippen molar-refractivity contribution in [3.8, 4) is 5.75 Å². The minimum atomic E-state index is -0.110. The zero-order valence-electron chi connectivity index (χ0n) is 17.6. The van der Waals surface area contributed by atoms with E-state index < -0.39 is 0 Å². The van der Waals surface area contributed by atoms with Gasteiger partial charge in [-0.3, -0.25) is 0 Å². The number of aromatic nitrogens is 3. The number of hydrogen-bond donors (Lipinski definition) is 2. The van der Waals surface area contributed by atoms with Crippen LogP contribution < -0.4 is 20.3 Å². The molecule has 1 fully saturated rings. The molecule has 1 aliphatic heterocycles. The first-order valence-electron chi connectivity index (χ1n) is 10.1. The molecule has 0 unspecified atom stereocenters. The van der Waals surface area contributed by atoms with Gasteiger partial charge >= 0.3 is 6.03 Å². The lowest BCUT2D eigenvalue weighted by atomic mass is 10.3. The predicted octanol–water partition coefficient (Wildman–Crippen LogP) is 3.29. The number of methoxy groups -OCH3 is 1. The van der Waals surface area contributed by atoms with Crippen molar-refractivity contribution in [3.05, 3.63) is 60.6 Å². The summed E-state index contributed by atoms with van der Waals surface area (Å²) in [6, 6.07) is 14.8. The lowest BCUT2D eigenvalue weighted by Crippen LogP contribution is -2.50. The maximum absolute atomic E-state index is 12.6. The summed E-state index contributed by atoms with van der Waals surface area (Å²) in [5.74, 6) is 3.69. The Kier molecular flexibility index (Phi) is 6.11. The summed E-state index contributed by atoms with van der Waals surface area (Å²) in [6.45, 7) is 4.46. The van der Waals surface area contributed by atoms with E-state index in [0.29, 0.717) is 37.8 Å². The van der Waals surface area contributed by atoms with E-state index in [-0.39, 0.29) is 6.03 Å². The molecule has 4 rings (SSSR count). The topological polar surface area (TPSA) is 95.5 Å². The standard InChI is InChI=1S/C22H25N7O2/c1-16-24-20(27-19-5-3-4-10-23-19)15-21(25-16)28-11-13-29(14-12-28)22(30)26-17-6-8-18(31-2)9-7-17/h3-10,15H,11-14H2,1-2H3,(H,26,30)(H,23,24,25,27). The Hall–Kier alpha value is -3.88. The van der Waals surface area contributed by atoms with E-state index in [9.17, 15) is 4.79 Å². The van der Waals surface area contributed by atoms with Crippen molar-refractivity contribution in [3.63, 3.8) is 0 Å². The molecular weight excluding hydrogens is 394 g/mol. The number of rotatable bonds is 5. The van der Waals surface area contributed by atoms with Gasteiger partial charge in [0.25, 0.3) is 0 Å². The molecule has 0 spiro atoms. The number of ether oxygens (including phenoxy) is 1. The Morgan fingerprint density at radius 1 is 1.00 bits per heavy atom. The van der Waals surface area contributed by atoms with E-state index in [0.717, 1.165) is 23.1 Å². The van der Waals surface area contributed by atoms with Gasteiger partial charge in [0.1, 0.15) is 29.0 Å². The second kappa shape index (κ2) is 9.29. The minimum absolute atomic E-state index is 0.110. The first-order chi connectivity index (χ1) is 15.1. The van der Waals surface area contributed by atoms with E-state index in [1.165, 1.54) is 0 Å². The van der Waals surface area contributed by atoms with E-state index in [1.807, 2.05) is 60.4 Å². The number of hydrogen-bond acceptors (Lipinski definition) is 7. The molecule has 9 nitrogen and oxygen atoms in total. The van der Waals surface area contributed by atoms with Crippen molar-refractivity contribution in [1.29, 1.82) is 0 Å². The lowest BCUT2D eigenvalue weighted by molar-refractivity contribution is 0.208. The first kappa shape index (κ1) is 20.4. The molecule has 0 radical (unpaired) electrons. The van der Waals surface area contributed by atoms with Gasteiger partial charge in [0.2, 0.25) is 0 Å². The Labute approximate surface area is 181 Å². The van der Waals surface area contributed by atoms with Gasteiger partial charge in [-0.25, -0.2) is 19.7 Å². The smallest absolute Gasteiger partial charge is 0.321 e. The summed E-state index contributed by atoms with van der Waals surface area (Å²) in [5, 5.41) is 6.15. The van der Waals surface area contributed by atoms with E-state index in [4.69, 9.17) is 4.74 Å². The van der Waals surface area contributed by atoms with Crippen molar-refractivity contribution >= 4 is 29.2 Å². The maximum atomic E-state index is 12.6. The Morgan fingerprint density at radius 2 is 1.77 bits per heavy atom. The fourth-order valence-electron chi connectivity index (χ4n) is 3.36. The summed E-state index contributed by atoms with van der Waals surface area (Å²) < 4.78 is 5.15. The average molecular weight is 419 g/mol. The molecule has 3 aromatic rings. The van der Waals surface area contributed by atoms with Crippen LogP contribution in [0.4, 0.5) is 27.9 Å². The number of amides is 2. The lowest BCUT2D eigenvalue weighted by Gasteiger charge is -2.35. The summed E-state index contributed by atoms with van der Waals surface area (Å²) in [7, 11) is 1.61. The molecular formula is C22H25N7O2. The number of piperazine rings is 1. The number of carbonyl (C=O) groups is 1. The molecule has 2 N–H and O–H groups in total. The largest absolute Gasteiger partial charge is 0.497 e. The van der Waals surface area contributed by atoms with Gasteiger partial charge in [-0.15, -0.1) is 0 Å². The highest BCUT2D eigenvalue weighted by atomic mass is 16.5. The molecule has 3 heterocycles. The highest BCUT2D eigenvalue weighted by Crippen LogP contribution is 2.21. The van der Waals surface area contributed by atoms with Gasteiger partial charge in [-0.1, -0.05) is 6.07 Å². The molecule has 160 valence electrons. The predicted molar refractivity (Wildman–Crippen MR) is 120 cm³/mol. The molecule has 1 aromatic carbocycles. The molecule has 1 aliphatic rings. The van der Waals surface area contributed by atoms with Gasteiger partial charge in [-0.05, 0) is 43.3 Å². The number of carbonyl (C=O) groups excluding carboxylic acids is 1. The van der Waals surface area contributed by atoms with Crippen LogP contribution in [0.3, 0.4) is 0 Å². The number of nitrogens with one attached hydrogen (secondary N) is 2. The number of nitrogens with zero attached hydrogens (tertiary/aromatic N) is 5. The van der Waals surface area contributed by atoms with Gasteiger partial charge in [0, 0.05) is 44.1 Å². The van der Waals surface area contributed by atoms with Crippen LogP contribution in [0.1, 0.15) is 5.82 Å². The third-order valence-corrected chi connectivity index (χ3v) is 4.98. The quantitative estimate of drug-likeness (QED) is 0.655. The highest BCUT2D eigenvalue weighted by Gasteiger charge is 2.22. The van der Waals surface area contributed by atoms with Crippen LogP contribution in [0.2, 0.25) is 0 Å². The van der Waals surface area contributed by atoms with Gasteiger partial charge in [0.15, 0.2) is 0 Å². The van der Waals surface area contributed by atoms with Gasteiger partial charge in [-0.2, -0.15) is 0 Å². The molecule has 0 atom stereocenters. The second-order valence-corrected chi connectivity index (χ2v) is 7.13. The molecule has 0 aliphatic carbocycles. The number of anilines is 4. The van der Waals surface area contributed by atoms with Gasteiger partial charge in [0.05, 0.1) is 7.11 Å². The van der Waals surface area contributed by atoms with Crippen molar-refractivity contribution in [1.82, 2.24) is 19.9 Å². The van der Waals surface area contributed by atoms with Crippen LogP contribution >= 0.6 is 0 Å². The summed E-state index contributed by atoms with van der Waals surface area (Å²) in [4.78, 5) is 29.9. The van der Waals surface area contributed by atoms with Crippen LogP contribution in [-0.2, 0) is 0 Å². The molecule has 2 aromatic heterocycles. The maximum Gasteiger partial charge on any atom is 0.321 e. The molecule has 31 heavy (non-hydrogen) atoms. The second-order valence-electron chi connectivity index (χ2n) is 7.13. The highest BCUT2D eigenvalue weighted by molar-refractivity contribution is 5.89. The average Bonchev–Trinajstić information content (AvgIpc) is 2.80. The summed E-state index contributed by atoms with van der Waals surface area (Å²) in [5.41, 5.74) is 0.741. The SMILES string of the molecule is COc1ccc(NC(=O)N2CCN(c3cc(Nc4ccccn4)nc(C)n3)CC2)cc1. The fraction of sp³-hybridized carbons (Fsp3) is 0.273. The Balaban J connectivity index is 1.36. The number of benzene rings is 1. The van der Waals surface area contributed by atoms with E-state index >= 15 is 0 Å². The third kappa shape index (κ3) is 5.19. The van der Waals surface area contributed by atoms with Crippen LogP contribution in [0, 0.1) is 6.92 Å². The summed E-state index contributed by atoms with van der Waals surface area (Å²) >= 11 is 0. The Morgan fingerprint density at radius 3 is 2.45 bits per heavy atom. The fourth-order valence-corrected chi connectivity index (χ4v) is 3.36. The zero-order chi connectivity index (χ0) is 21.6. The van der Waals surface area contributed by atoms with E-state index in [1.54, 1.807) is 13.3 Å². The molecule has 9 heteroatoms. The molecule has 0 bridgehead atoms. The number of urea groups is 1. The molecule has 1 saturated heterocycles. The normalized spacial score (nSPS) is 13.6. The van der Waals surface area contributed by atoms with Crippen LogP contribution in [-0.4, -0.2) is 59.2 Å². The van der Waals surface area contributed by atoms with E-state index in [2.05, 4.69) is 30.5 Å².